The van der Waals surface area contributed by atoms with Crippen LogP contribution in [0.4, 0.5) is 11.4 Å². The minimum absolute atomic E-state index is 0.0465. The smallest absolute Gasteiger partial charge is 0.265 e. The van der Waals surface area contributed by atoms with Gasteiger partial charge < -0.3 is 10.6 Å². The molecule has 0 bridgehead atoms. The van der Waals surface area contributed by atoms with Crippen LogP contribution < -0.4 is 20.3 Å². The predicted octanol–water partition coefficient (Wildman–Crippen LogP) is 3.47. The molecular weight excluding hydrogens is 476 g/mol. The molecule has 2 aromatic rings. The third kappa shape index (κ3) is 4.64. The first-order valence-corrected chi connectivity index (χ1v) is 13.1. The average Bonchev–Trinajstić information content (AvgIpc) is 2.76. The van der Waals surface area contributed by atoms with Gasteiger partial charge in [0, 0.05) is 5.02 Å². The fourth-order valence-electron chi connectivity index (χ4n) is 4.57. The second-order valence-electron chi connectivity index (χ2n) is 9.16. The van der Waals surface area contributed by atoms with E-state index >= 15 is 0 Å². The van der Waals surface area contributed by atoms with E-state index < -0.39 is 33.5 Å². The van der Waals surface area contributed by atoms with Gasteiger partial charge in [0.15, 0.2) is 0 Å². The van der Waals surface area contributed by atoms with E-state index in [0.29, 0.717) is 27.5 Å². The summed E-state index contributed by atoms with van der Waals surface area (Å²) in [6.07, 6.45) is 2.43. The fourth-order valence-corrected chi connectivity index (χ4v) is 6.72. The Bertz CT molecular complexity index is 1240. The molecule has 10 heteroatoms. The van der Waals surface area contributed by atoms with Crippen LogP contribution in [0.3, 0.4) is 0 Å². The van der Waals surface area contributed by atoms with E-state index in [4.69, 9.17) is 11.6 Å². The Morgan fingerprint density at radius 3 is 2.65 bits per heavy atom. The molecule has 2 aromatic carbocycles. The minimum atomic E-state index is -4.20. The number of hydrogen-bond acceptors (Lipinski definition) is 5. The summed E-state index contributed by atoms with van der Waals surface area (Å²) in [5.74, 6) is -0.955. The summed E-state index contributed by atoms with van der Waals surface area (Å²) < 4.78 is 29.0. The second kappa shape index (κ2) is 9.20. The molecular formula is C24H29ClN4O4S. The quantitative estimate of drug-likeness (QED) is 0.578. The van der Waals surface area contributed by atoms with Gasteiger partial charge in [-0.15, -0.1) is 0 Å². The van der Waals surface area contributed by atoms with Crippen molar-refractivity contribution < 1.29 is 18.0 Å². The van der Waals surface area contributed by atoms with Crippen LogP contribution in [-0.4, -0.2) is 38.5 Å². The zero-order valence-electron chi connectivity index (χ0n) is 19.4. The Kier molecular flexibility index (Phi) is 6.63. The maximum atomic E-state index is 14.0. The van der Waals surface area contributed by atoms with Gasteiger partial charge in [-0.1, -0.05) is 23.7 Å². The lowest BCUT2D eigenvalue weighted by atomic mass is 9.99. The molecule has 0 radical (unpaired) electrons. The summed E-state index contributed by atoms with van der Waals surface area (Å²) in [6.45, 7) is 6.06. The van der Waals surface area contributed by atoms with Crippen molar-refractivity contribution in [1.82, 2.24) is 10.6 Å². The number of carbonyl (C=O) groups excluding carboxylic acids is 2. The van der Waals surface area contributed by atoms with Crippen LogP contribution >= 0.6 is 11.6 Å². The molecule has 8 nitrogen and oxygen atoms in total. The number of hydrogen-bond donors (Lipinski definition) is 3. The van der Waals surface area contributed by atoms with Crippen molar-refractivity contribution in [2.45, 2.75) is 63.1 Å². The molecule has 2 atom stereocenters. The number of para-hydroxylation sites is 2. The van der Waals surface area contributed by atoms with Crippen molar-refractivity contribution >= 4 is 44.8 Å². The Morgan fingerprint density at radius 1 is 1.21 bits per heavy atom. The SMILES string of the molecule is Cc1cc(S(=O)(=O)N2c3ccccc3NC(=O)C2CC(=O)NC2(C)CCCCN2)c(C)cc1Cl. The molecule has 2 unspecified atom stereocenters. The number of fused-ring (bicyclic) bond motifs is 1. The molecule has 0 spiro atoms. The van der Waals surface area contributed by atoms with E-state index in [0.717, 1.165) is 30.1 Å². The first-order chi connectivity index (χ1) is 16.0. The van der Waals surface area contributed by atoms with Gasteiger partial charge in [-0.3, -0.25) is 19.2 Å². The van der Waals surface area contributed by atoms with E-state index in [1.54, 1.807) is 44.2 Å². The molecule has 2 heterocycles. The third-order valence-corrected chi connectivity index (χ3v) is 8.76. The van der Waals surface area contributed by atoms with Crippen LogP contribution in [0, 0.1) is 13.8 Å². The van der Waals surface area contributed by atoms with Gasteiger partial charge >= 0.3 is 0 Å². The molecule has 2 amide bonds. The molecule has 34 heavy (non-hydrogen) atoms. The standard InChI is InChI=1S/C24H29ClN4O4S/c1-15-13-21(16(2)12-17(15)25)34(32,33)29-19-9-5-4-8-18(19)27-23(31)20(29)14-22(30)28-24(3)10-6-7-11-26-24/h4-5,8-9,12-13,20,26H,6-7,10-11,14H2,1-3H3,(H,27,31)(H,28,30). The van der Waals surface area contributed by atoms with E-state index in [9.17, 15) is 18.0 Å². The van der Waals surface area contributed by atoms with Crippen LogP contribution in [0.5, 0.6) is 0 Å². The number of halogens is 1. The highest BCUT2D eigenvalue weighted by atomic mass is 35.5. The number of sulfonamides is 1. The third-order valence-electron chi connectivity index (χ3n) is 6.39. The van der Waals surface area contributed by atoms with Crippen LogP contribution in [-0.2, 0) is 19.6 Å². The zero-order valence-corrected chi connectivity index (χ0v) is 21.0. The number of benzene rings is 2. The fraction of sp³-hybridized carbons (Fsp3) is 0.417. The van der Waals surface area contributed by atoms with Crippen molar-refractivity contribution in [3.8, 4) is 0 Å². The van der Waals surface area contributed by atoms with Crippen LogP contribution in [0.1, 0.15) is 43.7 Å². The maximum Gasteiger partial charge on any atom is 0.265 e. The normalized spacial score (nSPS) is 22.6. The summed E-state index contributed by atoms with van der Waals surface area (Å²) >= 11 is 6.20. The molecule has 0 aliphatic carbocycles. The largest absolute Gasteiger partial charge is 0.338 e. The lowest BCUT2D eigenvalue weighted by Crippen LogP contribution is -2.60. The number of amides is 2. The van der Waals surface area contributed by atoms with Gasteiger partial charge in [0.1, 0.15) is 6.04 Å². The summed E-state index contributed by atoms with van der Waals surface area (Å²) in [5.41, 5.74) is 1.16. The van der Waals surface area contributed by atoms with Crippen molar-refractivity contribution in [1.29, 1.82) is 0 Å². The molecule has 1 saturated heterocycles. The number of carbonyl (C=O) groups is 2. The highest BCUT2D eigenvalue weighted by Gasteiger charge is 2.43. The van der Waals surface area contributed by atoms with E-state index in [1.165, 1.54) is 6.07 Å². The van der Waals surface area contributed by atoms with Crippen molar-refractivity contribution in [2.75, 3.05) is 16.2 Å². The number of aryl methyl sites for hydroxylation is 2. The van der Waals surface area contributed by atoms with E-state index in [1.807, 2.05) is 6.92 Å². The molecule has 3 N–H and O–H groups in total. The second-order valence-corrected chi connectivity index (χ2v) is 11.3. The average molecular weight is 505 g/mol. The molecule has 182 valence electrons. The summed E-state index contributed by atoms with van der Waals surface area (Å²) in [5, 5.41) is 9.47. The number of nitrogens with one attached hydrogen (secondary N) is 3. The summed E-state index contributed by atoms with van der Waals surface area (Å²) in [4.78, 5) is 26.2. The van der Waals surface area contributed by atoms with Gasteiger partial charge in [0.05, 0.1) is 28.4 Å². The zero-order chi connectivity index (χ0) is 24.7. The van der Waals surface area contributed by atoms with Gasteiger partial charge in [0.2, 0.25) is 11.8 Å². The summed E-state index contributed by atoms with van der Waals surface area (Å²) in [6, 6.07) is 8.52. The van der Waals surface area contributed by atoms with Gasteiger partial charge in [-0.25, -0.2) is 8.42 Å². The number of rotatable bonds is 5. The number of nitrogens with zero attached hydrogens (tertiary/aromatic N) is 1. The molecule has 2 aliphatic heterocycles. The number of anilines is 2. The summed E-state index contributed by atoms with van der Waals surface area (Å²) in [7, 11) is -4.20. The predicted molar refractivity (Wildman–Crippen MR) is 132 cm³/mol. The van der Waals surface area contributed by atoms with E-state index in [2.05, 4.69) is 16.0 Å². The Morgan fingerprint density at radius 2 is 1.94 bits per heavy atom. The van der Waals surface area contributed by atoms with Crippen molar-refractivity contribution in [3.63, 3.8) is 0 Å². The van der Waals surface area contributed by atoms with E-state index in [-0.39, 0.29) is 11.3 Å². The maximum absolute atomic E-state index is 14.0. The first-order valence-electron chi connectivity index (χ1n) is 11.3. The lowest BCUT2D eigenvalue weighted by Gasteiger charge is -2.39. The van der Waals surface area contributed by atoms with Gasteiger partial charge in [-0.2, -0.15) is 0 Å². The van der Waals surface area contributed by atoms with Crippen LogP contribution in [0.15, 0.2) is 41.3 Å². The first kappa shape index (κ1) is 24.5. The molecule has 0 saturated carbocycles. The number of piperidine rings is 1. The highest BCUT2D eigenvalue weighted by molar-refractivity contribution is 7.93. The minimum Gasteiger partial charge on any atom is -0.338 e. The highest BCUT2D eigenvalue weighted by Crippen LogP contribution is 2.38. The van der Waals surface area contributed by atoms with Gasteiger partial charge in [0.25, 0.3) is 10.0 Å². The Hall–Kier alpha value is -2.62. The lowest BCUT2D eigenvalue weighted by molar-refractivity contribution is -0.127. The van der Waals surface area contributed by atoms with Crippen LogP contribution in [0.2, 0.25) is 5.02 Å². The molecule has 1 fully saturated rings. The van der Waals surface area contributed by atoms with Crippen molar-refractivity contribution in [2.24, 2.45) is 0 Å². The van der Waals surface area contributed by atoms with Crippen LogP contribution in [0.25, 0.3) is 0 Å². The molecule has 2 aliphatic rings. The monoisotopic (exact) mass is 504 g/mol. The Balaban J connectivity index is 1.74. The topological polar surface area (TPSA) is 108 Å². The molecule has 0 aromatic heterocycles. The van der Waals surface area contributed by atoms with Gasteiger partial charge in [-0.05, 0) is 82.0 Å². The Labute approximate surface area is 205 Å². The van der Waals surface area contributed by atoms with Crippen molar-refractivity contribution in [3.05, 3.63) is 52.5 Å². The molecule has 4 rings (SSSR count).